The van der Waals surface area contributed by atoms with E-state index in [2.05, 4.69) is 0 Å². The molecule has 4 nitrogen and oxygen atoms in total. The van der Waals surface area contributed by atoms with Crippen LogP contribution in [0.1, 0.15) is 24.8 Å². The third-order valence-corrected chi connectivity index (χ3v) is 5.36. The number of thioether (sulfide) groups is 1. The number of hydrogen-bond donors (Lipinski definition) is 2. The summed E-state index contributed by atoms with van der Waals surface area (Å²) in [5, 5.41) is 7.31. The van der Waals surface area contributed by atoms with E-state index in [1.807, 2.05) is 36.0 Å². The summed E-state index contributed by atoms with van der Waals surface area (Å²) in [5.41, 5.74) is 6.52. The van der Waals surface area contributed by atoms with Crippen LogP contribution in [0.2, 0.25) is 0 Å². The monoisotopic (exact) mass is 306 g/mol. The van der Waals surface area contributed by atoms with Gasteiger partial charge in [0.1, 0.15) is 11.9 Å². The molecule has 3 N–H and O–H groups in total. The highest BCUT2D eigenvalue weighted by atomic mass is 32.2. The Bertz CT molecular complexity index is 498. The molecule has 0 saturated carbocycles. The minimum Gasteiger partial charge on any atom is -0.490 e. The van der Waals surface area contributed by atoms with E-state index in [1.165, 1.54) is 5.75 Å². The van der Waals surface area contributed by atoms with Gasteiger partial charge in [-0.25, -0.2) is 0 Å². The molecule has 21 heavy (non-hydrogen) atoms. The van der Waals surface area contributed by atoms with Crippen molar-refractivity contribution >= 4 is 17.6 Å². The Morgan fingerprint density at radius 2 is 2.24 bits per heavy atom. The summed E-state index contributed by atoms with van der Waals surface area (Å²) in [6, 6.07) is 7.92. The Morgan fingerprint density at radius 3 is 2.90 bits per heavy atom. The maximum absolute atomic E-state index is 7.31. The third kappa shape index (κ3) is 3.71. The molecule has 2 heterocycles. The van der Waals surface area contributed by atoms with Gasteiger partial charge in [0.25, 0.3) is 0 Å². The van der Waals surface area contributed by atoms with E-state index in [0.717, 1.165) is 42.9 Å². The fourth-order valence-electron chi connectivity index (χ4n) is 3.04. The molecule has 2 fully saturated rings. The highest BCUT2D eigenvalue weighted by Gasteiger charge is 2.41. The first-order chi connectivity index (χ1) is 10.2. The average Bonchev–Trinajstić information content (AvgIpc) is 2.88. The maximum atomic E-state index is 7.31. The van der Waals surface area contributed by atoms with Crippen molar-refractivity contribution in [1.29, 1.82) is 5.41 Å². The Morgan fingerprint density at radius 1 is 1.43 bits per heavy atom. The first-order valence-corrected chi connectivity index (χ1v) is 8.61. The lowest BCUT2D eigenvalue weighted by Crippen LogP contribution is -2.43. The number of benzene rings is 1. The molecule has 0 aliphatic carbocycles. The van der Waals surface area contributed by atoms with Crippen molar-refractivity contribution < 1.29 is 9.47 Å². The summed E-state index contributed by atoms with van der Waals surface area (Å²) in [6.07, 6.45) is 3.85. The summed E-state index contributed by atoms with van der Waals surface area (Å²) in [5.74, 6) is 3.39. The molecule has 1 aromatic rings. The van der Waals surface area contributed by atoms with Crippen LogP contribution >= 0.6 is 11.8 Å². The van der Waals surface area contributed by atoms with Crippen molar-refractivity contribution in [2.45, 2.75) is 37.4 Å². The zero-order chi connectivity index (χ0) is 14.7. The summed E-state index contributed by atoms with van der Waals surface area (Å²) in [7, 11) is 0. The Labute approximate surface area is 129 Å². The van der Waals surface area contributed by atoms with Gasteiger partial charge in [-0.05, 0) is 29.9 Å². The third-order valence-electron chi connectivity index (χ3n) is 4.14. The Kier molecular flexibility index (Phi) is 4.40. The molecule has 2 saturated heterocycles. The van der Waals surface area contributed by atoms with Crippen LogP contribution in [0.4, 0.5) is 0 Å². The van der Waals surface area contributed by atoms with Crippen molar-refractivity contribution in [3.8, 4) is 5.75 Å². The van der Waals surface area contributed by atoms with E-state index in [0.29, 0.717) is 6.42 Å². The normalized spacial score (nSPS) is 28.7. The van der Waals surface area contributed by atoms with E-state index in [4.69, 9.17) is 20.6 Å². The Hall–Kier alpha value is -1.20. The van der Waals surface area contributed by atoms with Crippen molar-refractivity contribution in [1.82, 2.24) is 0 Å². The zero-order valence-corrected chi connectivity index (χ0v) is 13.0. The predicted molar refractivity (Wildman–Crippen MR) is 86.3 cm³/mol. The van der Waals surface area contributed by atoms with Gasteiger partial charge < -0.3 is 15.2 Å². The van der Waals surface area contributed by atoms with Crippen LogP contribution in [0.5, 0.6) is 5.75 Å². The van der Waals surface area contributed by atoms with E-state index in [9.17, 15) is 0 Å². The van der Waals surface area contributed by atoms with E-state index in [-0.39, 0.29) is 17.5 Å². The molecule has 2 unspecified atom stereocenters. The molecule has 2 aliphatic heterocycles. The van der Waals surface area contributed by atoms with Gasteiger partial charge in [0.15, 0.2) is 0 Å². The quantitative estimate of drug-likeness (QED) is 0.663. The number of nitrogens with one attached hydrogen (secondary N) is 1. The van der Waals surface area contributed by atoms with Crippen molar-refractivity contribution in [2.75, 3.05) is 18.1 Å². The number of amidine groups is 1. The molecule has 2 atom stereocenters. The molecule has 5 heteroatoms. The molecule has 1 aromatic carbocycles. The lowest BCUT2D eigenvalue weighted by atomic mass is 9.91. The summed E-state index contributed by atoms with van der Waals surface area (Å²) in [6.45, 7) is 0.799. The van der Waals surface area contributed by atoms with Gasteiger partial charge in [0, 0.05) is 25.0 Å². The molecule has 3 rings (SSSR count). The zero-order valence-electron chi connectivity index (χ0n) is 12.1. The average molecular weight is 306 g/mol. The second-order valence-electron chi connectivity index (χ2n) is 5.91. The molecule has 2 aliphatic rings. The number of nitrogens with two attached hydrogens (primary N) is 1. The maximum Gasteiger partial charge on any atom is 0.119 e. The largest absolute Gasteiger partial charge is 0.490 e. The molecule has 0 radical (unpaired) electrons. The van der Waals surface area contributed by atoms with Gasteiger partial charge in [-0.15, -0.1) is 0 Å². The van der Waals surface area contributed by atoms with Crippen LogP contribution in [0, 0.1) is 5.41 Å². The van der Waals surface area contributed by atoms with Crippen molar-refractivity contribution in [2.24, 2.45) is 5.73 Å². The van der Waals surface area contributed by atoms with Gasteiger partial charge in [-0.1, -0.05) is 12.1 Å². The van der Waals surface area contributed by atoms with Crippen LogP contribution < -0.4 is 10.5 Å². The van der Waals surface area contributed by atoms with Crippen molar-refractivity contribution in [3.63, 3.8) is 0 Å². The highest BCUT2D eigenvalue weighted by Crippen LogP contribution is 2.39. The molecule has 1 spiro atoms. The minimum absolute atomic E-state index is 0.0577. The smallest absolute Gasteiger partial charge is 0.119 e. The Balaban J connectivity index is 1.59. The van der Waals surface area contributed by atoms with Crippen LogP contribution in [0.25, 0.3) is 0 Å². The number of hydrogen-bond acceptors (Lipinski definition) is 4. The summed E-state index contributed by atoms with van der Waals surface area (Å²) < 4.78 is 12.1. The van der Waals surface area contributed by atoms with E-state index in [1.54, 1.807) is 0 Å². The minimum atomic E-state index is 0.0577. The van der Waals surface area contributed by atoms with Crippen LogP contribution in [0.15, 0.2) is 24.3 Å². The molecule has 0 bridgehead atoms. The van der Waals surface area contributed by atoms with Crippen molar-refractivity contribution in [3.05, 3.63) is 29.8 Å². The molecule has 0 aromatic heterocycles. The lowest BCUT2D eigenvalue weighted by molar-refractivity contribution is -0.0958. The van der Waals surface area contributed by atoms with Gasteiger partial charge in [-0.2, -0.15) is 11.8 Å². The fraction of sp³-hybridized carbons (Fsp3) is 0.562. The molecule has 114 valence electrons. The molecule has 0 amide bonds. The van der Waals surface area contributed by atoms with Gasteiger partial charge >= 0.3 is 0 Å². The van der Waals surface area contributed by atoms with E-state index < -0.39 is 0 Å². The highest BCUT2D eigenvalue weighted by molar-refractivity contribution is 7.99. The standard InChI is InChI=1S/C16H22N2O2S/c17-15(18)9-12-1-3-13(4-2-12)20-14-5-7-19-16(10-14)6-8-21-11-16/h1-4,14H,5-11H2,(H3,17,18). The molecular formula is C16H22N2O2S. The van der Waals surface area contributed by atoms with Crippen LogP contribution in [0.3, 0.4) is 0 Å². The lowest BCUT2D eigenvalue weighted by Gasteiger charge is -2.37. The second-order valence-corrected chi connectivity index (χ2v) is 7.02. The van der Waals surface area contributed by atoms with Gasteiger partial charge in [-0.3, -0.25) is 5.41 Å². The SMILES string of the molecule is N=C(N)Cc1ccc(OC2CCOC3(CCSC3)C2)cc1. The number of rotatable bonds is 4. The molecular weight excluding hydrogens is 284 g/mol. The number of ether oxygens (including phenoxy) is 2. The van der Waals surface area contributed by atoms with Gasteiger partial charge in [0.05, 0.1) is 18.0 Å². The first-order valence-electron chi connectivity index (χ1n) is 7.45. The van der Waals surface area contributed by atoms with Crippen LogP contribution in [-0.2, 0) is 11.2 Å². The summed E-state index contributed by atoms with van der Waals surface area (Å²) >= 11 is 1.98. The van der Waals surface area contributed by atoms with Crippen LogP contribution in [-0.4, -0.2) is 35.7 Å². The topological polar surface area (TPSA) is 68.3 Å². The predicted octanol–water partition coefficient (Wildman–Crippen LogP) is 2.60. The first kappa shape index (κ1) is 14.7. The van der Waals surface area contributed by atoms with Gasteiger partial charge in [0.2, 0.25) is 0 Å². The second kappa shape index (κ2) is 6.28. The van der Waals surface area contributed by atoms with E-state index >= 15 is 0 Å². The fourth-order valence-corrected chi connectivity index (χ4v) is 4.42. The summed E-state index contributed by atoms with van der Waals surface area (Å²) in [4.78, 5) is 0.